The van der Waals surface area contributed by atoms with Gasteiger partial charge in [-0.3, -0.25) is 4.79 Å². The lowest BCUT2D eigenvalue weighted by atomic mass is 10.1. The van der Waals surface area contributed by atoms with E-state index >= 15 is 0 Å². The maximum absolute atomic E-state index is 12.9. The third kappa shape index (κ3) is 4.27. The summed E-state index contributed by atoms with van der Waals surface area (Å²) in [6, 6.07) is 11.9. The molecule has 0 aliphatic carbocycles. The fourth-order valence-electron chi connectivity index (χ4n) is 3.16. The van der Waals surface area contributed by atoms with Crippen LogP contribution in [0.25, 0.3) is 0 Å². The molecule has 6 nitrogen and oxygen atoms in total. The first-order valence-electron chi connectivity index (χ1n) is 8.68. The Balaban J connectivity index is 1.68. The topological polar surface area (TPSA) is 66.9 Å². The van der Waals surface area contributed by atoms with Gasteiger partial charge in [-0.2, -0.15) is 4.31 Å². The van der Waals surface area contributed by atoms with E-state index in [2.05, 4.69) is 0 Å². The Bertz CT molecular complexity index is 953. The summed E-state index contributed by atoms with van der Waals surface area (Å²) in [6.45, 7) is 0.966. The monoisotopic (exact) mass is 442 g/mol. The summed E-state index contributed by atoms with van der Waals surface area (Å²) in [5.41, 5.74) is 0.799. The predicted molar refractivity (Wildman–Crippen MR) is 108 cm³/mol. The summed E-state index contributed by atoms with van der Waals surface area (Å²) in [6.07, 6.45) is 0.201. The quantitative estimate of drug-likeness (QED) is 0.713. The zero-order chi connectivity index (χ0) is 20.3. The Morgan fingerprint density at radius 3 is 2.21 bits per heavy atom. The molecule has 0 atom stereocenters. The number of hydrogen-bond acceptors (Lipinski definition) is 4. The number of nitrogens with zero attached hydrogens (tertiary/aromatic N) is 2. The summed E-state index contributed by atoms with van der Waals surface area (Å²) < 4.78 is 32.4. The van der Waals surface area contributed by atoms with Crippen LogP contribution >= 0.6 is 23.2 Å². The smallest absolute Gasteiger partial charge is 0.246 e. The van der Waals surface area contributed by atoms with E-state index in [1.807, 2.05) is 18.2 Å². The van der Waals surface area contributed by atoms with Gasteiger partial charge in [0, 0.05) is 31.7 Å². The normalized spacial score (nSPS) is 15.5. The third-order valence-electron chi connectivity index (χ3n) is 4.64. The number of ether oxygens (including phenoxy) is 1. The standard InChI is InChI=1S/C19H20Cl2N2O4S/c1-27-17-8-3-2-5-14(17)13-18(24)22-9-11-23(12-10-22)28(25,26)19-15(20)6-4-7-16(19)21/h2-8H,9-13H2,1H3. The van der Waals surface area contributed by atoms with Crippen LogP contribution in [0.4, 0.5) is 0 Å². The summed E-state index contributed by atoms with van der Waals surface area (Å²) >= 11 is 12.1. The van der Waals surface area contributed by atoms with Gasteiger partial charge in [0.15, 0.2) is 0 Å². The van der Waals surface area contributed by atoms with Gasteiger partial charge in [-0.25, -0.2) is 8.42 Å². The highest BCUT2D eigenvalue weighted by atomic mass is 35.5. The van der Waals surface area contributed by atoms with Crippen molar-refractivity contribution in [1.82, 2.24) is 9.21 Å². The van der Waals surface area contributed by atoms with Gasteiger partial charge >= 0.3 is 0 Å². The van der Waals surface area contributed by atoms with Crippen LogP contribution in [0.1, 0.15) is 5.56 Å². The van der Waals surface area contributed by atoms with Crippen LogP contribution in [-0.2, 0) is 21.2 Å². The van der Waals surface area contributed by atoms with Crippen LogP contribution in [0, 0.1) is 0 Å². The second-order valence-electron chi connectivity index (χ2n) is 6.32. The fraction of sp³-hybridized carbons (Fsp3) is 0.316. The zero-order valence-corrected chi connectivity index (χ0v) is 17.6. The van der Waals surface area contributed by atoms with E-state index < -0.39 is 10.0 Å². The summed E-state index contributed by atoms with van der Waals surface area (Å²) in [4.78, 5) is 14.2. The number of para-hydroxylation sites is 1. The maximum Gasteiger partial charge on any atom is 0.246 e. The molecular formula is C19H20Cl2N2O4S. The van der Waals surface area contributed by atoms with Crippen molar-refractivity contribution in [3.63, 3.8) is 0 Å². The van der Waals surface area contributed by atoms with Crippen molar-refractivity contribution in [2.45, 2.75) is 11.3 Å². The molecule has 28 heavy (non-hydrogen) atoms. The lowest BCUT2D eigenvalue weighted by Crippen LogP contribution is -2.50. The molecule has 1 saturated heterocycles. The Hall–Kier alpha value is -1.80. The van der Waals surface area contributed by atoms with E-state index in [4.69, 9.17) is 27.9 Å². The molecule has 1 aliphatic rings. The number of halogens is 2. The molecule has 0 saturated carbocycles. The molecule has 150 valence electrons. The number of rotatable bonds is 5. The second kappa shape index (κ2) is 8.69. The Morgan fingerprint density at radius 1 is 1.00 bits per heavy atom. The van der Waals surface area contributed by atoms with Crippen LogP contribution in [0.15, 0.2) is 47.4 Å². The lowest BCUT2D eigenvalue weighted by Gasteiger charge is -2.34. The van der Waals surface area contributed by atoms with Crippen molar-refractivity contribution in [2.75, 3.05) is 33.3 Å². The molecule has 2 aromatic carbocycles. The molecule has 3 rings (SSSR count). The highest BCUT2D eigenvalue weighted by molar-refractivity contribution is 7.89. The summed E-state index contributed by atoms with van der Waals surface area (Å²) in [5.74, 6) is 0.586. The molecule has 1 aliphatic heterocycles. The number of amides is 1. The third-order valence-corrected chi connectivity index (χ3v) is 7.50. The molecule has 0 N–H and O–H groups in total. The van der Waals surface area contributed by atoms with Gasteiger partial charge in [0.25, 0.3) is 0 Å². The Kier molecular flexibility index (Phi) is 6.50. The van der Waals surface area contributed by atoms with E-state index in [9.17, 15) is 13.2 Å². The van der Waals surface area contributed by atoms with Gasteiger partial charge in [0.1, 0.15) is 10.6 Å². The first kappa shape index (κ1) is 20.9. The number of benzene rings is 2. The fourth-order valence-corrected chi connectivity index (χ4v) is 5.67. The first-order chi connectivity index (χ1) is 13.3. The minimum atomic E-state index is -3.83. The molecule has 0 aromatic heterocycles. The van der Waals surface area contributed by atoms with E-state index in [-0.39, 0.29) is 40.4 Å². The van der Waals surface area contributed by atoms with Crippen molar-refractivity contribution < 1.29 is 17.9 Å². The van der Waals surface area contributed by atoms with Crippen LogP contribution in [0.2, 0.25) is 10.0 Å². The number of hydrogen-bond donors (Lipinski definition) is 0. The maximum atomic E-state index is 12.9. The van der Waals surface area contributed by atoms with E-state index in [1.165, 1.54) is 16.4 Å². The van der Waals surface area contributed by atoms with Gasteiger partial charge in [0.05, 0.1) is 23.6 Å². The van der Waals surface area contributed by atoms with E-state index in [1.54, 1.807) is 24.1 Å². The van der Waals surface area contributed by atoms with Crippen molar-refractivity contribution in [3.05, 3.63) is 58.1 Å². The molecule has 0 spiro atoms. The van der Waals surface area contributed by atoms with Gasteiger partial charge in [0.2, 0.25) is 15.9 Å². The van der Waals surface area contributed by atoms with Crippen LogP contribution < -0.4 is 4.74 Å². The van der Waals surface area contributed by atoms with Gasteiger partial charge in [-0.1, -0.05) is 47.5 Å². The highest BCUT2D eigenvalue weighted by Gasteiger charge is 2.33. The molecule has 1 amide bonds. The van der Waals surface area contributed by atoms with Gasteiger partial charge in [-0.15, -0.1) is 0 Å². The summed E-state index contributed by atoms with van der Waals surface area (Å²) in [7, 11) is -2.27. The average Bonchev–Trinajstić information content (AvgIpc) is 2.68. The van der Waals surface area contributed by atoms with Crippen LogP contribution in [-0.4, -0.2) is 56.8 Å². The lowest BCUT2D eigenvalue weighted by molar-refractivity contribution is -0.131. The van der Waals surface area contributed by atoms with Crippen molar-refractivity contribution >= 4 is 39.1 Å². The molecule has 1 heterocycles. The SMILES string of the molecule is COc1ccccc1CC(=O)N1CCN(S(=O)(=O)c2c(Cl)cccc2Cl)CC1. The van der Waals surface area contributed by atoms with Gasteiger partial charge in [-0.05, 0) is 18.2 Å². The zero-order valence-electron chi connectivity index (χ0n) is 15.3. The number of sulfonamides is 1. The number of methoxy groups -OCH3 is 1. The molecule has 0 unspecified atom stereocenters. The molecule has 2 aromatic rings. The average molecular weight is 443 g/mol. The van der Waals surface area contributed by atoms with Crippen LogP contribution in [0.3, 0.4) is 0 Å². The minimum absolute atomic E-state index is 0.0719. The van der Waals surface area contributed by atoms with E-state index in [0.29, 0.717) is 18.8 Å². The Labute approximate surface area is 174 Å². The van der Waals surface area contributed by atoms with Gasteiger partial charge < -0.3 is 9.64 Å². The Morgan fingerprint density at radius 2 is 1.61 bits per heavy atom. The molecule has 1 fully saturated rings. The minimum Gasteiger partial charge on any atom is -0.496 e. The molecule has 0 bridgehead atoms. The molecule has 0 radical (unpaired) electrons. The second-order valence-corrected chi connectivity index (χ2v) is 9.01. The number of carbonyl (C=O) groups is 1. The largest absolute Gasteiger partial charge is 0.496 e. The predicted octanol–water partition coefficient (Wildman–Crippen LogP) is 3.08. The first-order valence-corrected chi connectivity index (χ1v) is 10.9. The van der Waals surface area contributed by atoms with Crippen LogP contribution in [0.5, 0.6) is 5.75 Å². The van der Waals surface area contributed by atoms with Crippen molar-refractivity contribution in [3.8, 4) is 5.75 Å². The summed E-state index contributed by atoms with van der Waals surface area (Å²) in [5, 5.41) is 0.171. The van der Waals surface area contributed by atoms with Crippen molar-refractivity contribution in [2.24, 2.45) is 0 Å². The van der Waals surface area contributed by atoms with E-state index in [0.717, 1.165) is 5.56 Å². The number of piperazine rings is 1. The number of carbonyl (C=O) groups excluding carboxylic acids is 1. The van der Waals surface area contributed by atoms with Crippen molar-refractivity contribution in [1.29, 1.82) is 0 Å². The molecular weight excluding hydrogens is 423 g/mol. The highest BCUT2D eigenvalue weighted by Crippen LogP contribution is 2.32. The molecule has 9 heteroatoms.